The molecule has 4 aromatic carbocycles. The van der Waals surface area contributed by atoms with Crippen LogP contribution in [0.15, 0.2) is 54.6 Å². The highest BCUT2D eigenvalue weighted by atomic mass is 16.5. The highest BCUT2D eigenvalue weighted by Gasteiger charge is 2.13. The molecule has 35 heavy (non-hydrogen) atoms. The van der Waals surface area contributed by atoms with E-state index in [9.17, 15) is 0 Å². The largest absolute Gasteiger partial charge is 0.490 e. The van der Waals surface area contributed by atoms with Crippen LogP contribution in [0, 0.1) is 0 Å². The molecule has 0 saturated heterocycles. The van der Waals surface area contributed by atoms with Gasteiger partial charge in [-0.25, -0.2) is 0 Å². The lowest BCUT2D eigenvalue weighted by Crippen LogP contribution is -2.11. The Morgan fingerprint density at radius 2 is 1.03 bits per heavy atom. The third-order valence-corrected chi connectivity index (χ3v) is 7.78. The quantitative estimate of drug-likeness (QED) is 0.110. The van der Waals surface area contributed by atoms with E-state index in [2.05, 4.69) is 68.4 Å². The van der Waals surface area contributed by atoms with Gasteiger partial charge in [0, 0.05) is 10.8 Å². The Morgan fingerprint density at radius 3 is 1.63 bits per heavy atom. The topological polar surface area (TPSA) is 9.23 Å². The Morgan fingerprint density at radius 1 is 0.543 bits per heavy atom. The average molecular weight is 471 g/mol. The van der Waals surface area contributed by atoms with Crippen LogP contribution in [0.5, 0.6) is 5.75 Å². The lowest BCUT2D eigenvalue weighted by Gasteiger charge is -2.18. The summed E-state index contributed by atoms with van der Waals surface area (Å²) in [4.78, 5) is 0. The van der Waals surface area contributed by atoms with Gasteiger partial charge in [-0.05, 0) is 53.4 Å². The van der Waals surface area contributed by atoms with Gasteiger partial charge in [-0.2, -0.15) is 0 Å². The smallest absolute Gasteiger partial charge is 0.127 e. The molecule has 0 aliphatic rings. The first kappa shape index (κ1) is 25.8. The number of ether oxygens (including phenoxy) is 1. The zero-order chi connectivity index (χ0) is 24.3. The normalized spacial score (nSPS) is 12.7. The Kier molecular flexibility index (Phi) is 10.1. The second kappa shape index (κ2) is 13.7. The molecule has 1 nitrogen and oxygen atoms in total. The van der Waals surface area contributed by atoms with Gasteiger partial charge in [0.15, 0.2) is 0 Å². The van der Waals surface area contributed by atoms with Crippen LogP contribution in [0.4, 0.5) is 0 Å². The first-order valence-electron chi connectivity index (χ1n) is 14.6. The van der Waals surface area contributed by atoms with Gasteiger partial charge in [-0.3, -0.25) is 0 Å². The molecule has 188 valence electrons. The van der Waals surface area contributed by atoms with Gasteiger partial charge in [0.25, 0.3) is 0 Å². The molecule has 0 saturated carbocycles. The molecule has 1 heteroatoms. The van der Waals surface area contributed by atoms with E-state index in [0.29, 0.717) is 0 Å². The minimum absolute atomic E-state index is 0.255. The van der Waals surface area contributed by atoms with Gasteiger partial charge >= 0.3 is 0 Å². The van der Waals surface area contributed by atoms with Crippen molar-refractivity contribution in [2.45, 2.75) is 116 Å². The summed E-state index contributed by atoms with van der Waals surface area (Å²) in [5.41, 5.74) is 0. The third kappa shape index (κ3) is 7.12. The number of hydrogen-bond acceptors (Lipinski definition) is 1. The van der Waals surface area contributed by atoms with Crippen molar-refractivity contribution in [3.8, 4) is 5.75 Å². The Hall–Kier alpha value is -2.28. The average Bonchev–Trinajstić information content (AvgIpc) is 2.88. The third-order valence-electron chi connectivity index (χ3n) is 7.78. The minimum atomic E-state index is 0.255. The van der Waals surface area contributed by atoms with E-state index in [0.717, 1.165) is 12.2 Å². The summed E-state index contributed by atoms with van der Waals surface area (Å²) in [5.74, 6) is 1.04. The van der Waals surface area contributed by atoms with Crippen molar-refractivity contribution in [3.63, 3.8) is 0 Å². The first-order valence-corrected chi connectivity index (χ1v) is 14.6. The van der Waals surface area contributed by atoms with Crippen molar-refractivity contribution >= 4 is 32.3 Å². The molecule has 0 aromatic heterocycles. The van der Waals surface area contributed by atoms with Gasteiger partial charge in [0.1, 0.15) is 5.75 Å². The van der Waals surface area contributed by atoms with Crippen LogP contribution < -0.4 is 4.74 Å². The number of hydrogen-bond donors (Lipinski definition) is 0. The molecule has 0 amide bonds. The minimum Gasteiger partial charge on any atom is -0.490 e. The van der Waals surface area contributed by atoms with Crippen LogP contribution in [-0.2, 0) is 0 Å². The molecule has 0 spiro atoms. The molecule has 0 fully saturated rings. The lowest BCUT2D eigenvalue weighted by molar-refractivity contribution is 0.209. The van der Waals surface area contributed by atoms with Crippen molar-refractivity contribution in [1.82, 2.24) is 0 Å². The van der Waals surface area contributed by atoms with Crippen molar-refractivity contribution < 1.29 is 4.74 Å². The molecule has 0 bridgehead atoms. The monoisotopic (exact) mass is 470 g/mol. The fourth-order valence-electron chi connectivity index (χ4n) is 5.71. The summed E-state index contributed by atoms with van der Waals surface area (Å²) in [6.45, 7) is 4.53. The van der Waals surface area contributed by atoms with Gasteiger partial charge in [0.2, 0.25) is 0 Å². The SMILES string of the molecule is CCCCCCCCCCCCCCCCC(C)Oc1ccc2ccc3cccc4ccc1c2c34. The fourth-order valence-corrected chi connectivity index (χ4v) is 5.71. The molecule has 0 aliphatic heterocycles. The van der Waals surface area contributed by atoms with Gasteiger partial charge in [0.05, 0.1) is 6.10 Å². The lowest BCUT2D eigenvalue weighted by atomic mass is 9.94. The van der Waals surface area contributed by atoms with Crippen molar-refractivity contribution in [2.24, 2.45) is 0 Å². The Labute approximate surface area is 213 Å². The van der Waals surface area contributed by atoms with Crippen LogP contribution in [0.3, 0.4) is 0 Å². The number of benzene rings is 4. The molecule has 0 radical (unpaired) electrons. The van der Waals surface area contributed by atoms with Crippen LogP contribution in [0.2, 0.25) is 0 Å². The predicted octanol–water partition coefficient (Wildman–Crippen LogP) is 11.2. The van der Waals surface area contributed by atoms with Gasteiger partial charge in [-0.15, -0.1) is 0 Å². The highest BCUT2D eigenvalue weighted by molar-refractivity contribution is 6.24. The Balaban J connectivity index is 1.14. The zero-order valence-electron chi connectivity index (χ0n) is 22.3. The van der Waals surface area contributed by atoms with E-state index < -0.39 is 0 Å². The summed E-state index contributed by atoms with van der Waals surface area (Å²) in [7, 11) is 0. The second-order valence-corrected chi connectivity index (χ2v) is 10.7. The van der Waals surface area contributed by atoms with Crippen molar-refractivity contribution in [3.05, 3.63) is 54.6 Å². The number of rotatable bonds is 17. The van der Waals surface area contributed by atoms with E-state index in [1.807, 2.05) is 0 Å². The van der Waals surface area contributed by atoms with Gasteiger partial charge in [-0.1, -0.05) is 133 Å². The molecule has 1 unspecified atom stereocenters. The van der Waals surface area contributed by atoms with Crippen molar-refractivity contribution in [2.75, 3.05) is 0 Å². The van der Waals surface area contributed by atoms with Crippen LogP contribution in [0.1, 0.15) is 110 Å². The number of unbranched alkanes of at least 4 members (excludes halogenated alkanes) is 13. The van der Waals surface area contributed by atoms with E-state index in [1.54, 1.807) is 0 Å². The molecular formula is C34H46O. The Bertz CT molecular complexity index is 1130. The second-order valence-electron chi connectivity index (χ2n) is 10.7. The summed E-state index contributed by atoms with van der Waals surface area (Å²) >= 11 is 0. The maximum atomic E-state index is 6.48. The van der Waals surface area contributed by atoms with E-state index in [1.165, 1.54) is 122 Å². The fraction of sp³-hybridized carbons (Fsp3) is 0.529. The maximum Gasteiger partial charge on any atom is 0.127 e. The molecule has 4 rings (SSSR count). The summed E-state index contributed by atoms with van der Waals surface area (Å²) in [5, 5.41) is 7.90. The van der Waals surface area contributed by atoms with Crippen LogP contribution in [0.25, 0.3) is 32.3 Å². The van der Waals surface area contributed by atoms with E-state index in [4.69, 9.17) is 4.74 Å². The van der Waals surface area contributed by atoms with Crippen LogP contribution in [-0.4, -0.2) is 6.10 Å². The molecular weight excluding hydrogens is 424 g/mol. The summed E-state index contributed by atoms with van der Waals surface area (Å²) < 4.78 is 6.48. The molecule has 0 heterocycles. The highest BCUT2D eigenvalue weighted by Crippen LogP contribution is 2.38. The molecule has 4 aromatic rings. The predicted molar refractivity (Wildman–Crippen MR) is 155 cm³/mol. The van der Waals surface area contributed by atoms with Crippen LogP contribution >= 0.6 is 0 Å². The maximum absolute atomic E-state index is 6.48. The summed E-state index contributed by atoms with van der Waals surface area (Å²) in [6.07, 6.45) is 21.1. The summed E-state index contributed by atoms with van der Waals surface area (Å²) in [6, 6.07) is 20.0. The molecule has 0 aliphatic carbocycles. The molecule has 1 atom stereocenters. The first-order chi connectivity index (χ1) is 17.3. The standard InChI is InChI=1S/C34H46O/c1-3-4-5-6-7-8-9-10-11-12-13-14-15-16-18-27(2)35-32-26-24-30-22-21-28-19-17-20-29-23-25-31(32)34(30)33(28)29/h17,19-27H,3-16,18H2,1-2H3. The molecule has 0 N–H and O–H groups in total. The van der Waals surface area contributed by atoms with E-state index >= 15 is 0 Å². The van der Waals surface area contributed by atoms with Crippen molar-refractivity contribution in [1.29, 1.82) is 0 Å². The van der Waals surface area contributed by atoms with E-state index in [-0.39, 0.29) is 6.10 Å². The zero-order valence-corrected chi connectivity index (χ0v) is 22.3. The van der Waals surface area contributed by atoms with Gasteiger partial charge < -0.3 is 4.74 Å².